The number of amidine groups is 1. The number of aryl methyl sites for hydroxylation is 2. The van der Waals surface area contributed by atoms with Gasteiger partial charge in [-0.2, -0.15) is 4.40 Å². The van der Waals surface area contributed by atoms with E-state index in [-0.39, 0.29) is 17.4 Å². The van der Waals surface area contributed by atoms with E-state index in [1.165, 1.54) is 18.9 Å². The highest BCUT2D eigenvalue weighted by Gasteiger charge is 2.16. The van der Waals surface area contributed by atoms with Crippen molar-refractivity contribution in [1.82, 2.24) is 9.97 Å². The fourth-order valence-electron chi connectivity index (χ4n) is 3.92. The Morgan fingerprint density at radius 1 is 1.11 bits per heavy atom. The Morgan fingerprint density at radius 3 is 2.53 bits per heavy atom. The Kier molecular flexibility index (Phi) is 10.0. The molecule has 0 aliphatic heterocycles. The molecule has 0 saturated carbocycles. The van der Waals surface area contributed by atoms with E-state index in [4.69, 9.17) is 10.5 Å². The molecule has 38 heavy (non-hydrogen) atoms. The fourth-order valence-corrected chi connectivity index (χ4v) is 4.67. The molecule has 9 heteroatoms. The van der Waals surface area contributed by atoms with Crippen molar-refractivity contribution in [2.75, 3.05) is 11.9 Å². The summed E-state index contributed by atoms with van der Waals surface area (Å²) in [5.74, 6) is 1.50. The summed E-state index contributed by atoms with van der Waals surface area (Å²) in [6, 6.07) is 14.2. The minimum atomic E-state index is -0.0744. The number of aromatic nitrogens is 2. The van der Waals surface area contributed by atoms with E-state index in [1.54, 1.807) is 13.8 Å². The number of carbonyl (C=O) groups excluding carboxylic acids is 1. The Labute approximate surface area is 228 Å². The number of ether oxygens (including phenoxy) is 1. The van der Waals surface area contributed by atoms with Crippen LogP contribution in [0.4, 0.5) is 5.82 Å². The number of nitrogens with zero attached hydrogens (tertiary/aromatic N) is 3. The van der Waals surface area contributed by atoms with E-state index in [0.29, 0.717) is 48.2 Å². The van der Waals surface area contributed by atoms with Crippen LogP contribution >= 0.6 is 11.9 Å². The van der Waals surface area contributed by atoms with Gasteiger partial charge in [-0.15, -0.1) is 0 Å². The maximum Gasteiger partial charge on any atom is 0.165 e. The lowest BCUT2D eigenvalue weighted by Gasteiger charge is -2.16. The number of allylic oxidation sites excluding steroid dienone is 1. The molecule has 0 aliphatic carbocycles. The number of carbonyl (C=O) groups is 1. The summed E-state index contributed by atoms with van der Waals surface area (Å²) < 4.78 is 10.2. The number of aliphatic hydroxyl groups is 1. The molecule has 0 aliphatic rings. The molecule has 3 aromatic rings. The highest BCUT2D eigenvalue weighted by Crippen LogP contribution is 2.35. The third kappa shape index (κ3) is 7.20. The molecule has 0 unspecified atom stereocenters. The summed E-state index contributed by atoms with van der Waals surface area (Å²) in [7, 11) is 0. The van der Waals surface area contributed by atoms with Crippen LogP contribution in [0.25, 0.3) is 11.1 Å². The highest BCUT2D eigenvalue weighted by molar-refractivity contribution is 7.98. The molecule has 0 radical (unpaired) electrons. The number of benzene rings is 2. The van der Waals surface area contributed by atoms with Gasteiger partial charge in [0.1, 0.15) is 17.5 Å². The number of anilines is 1. The number of nitrogens with one attached hydrogen (secondary N) is 1. The topological polar surface area (TPSA) is 123 Å². The van der Waals surface area contributed by atoms with Gasteiger partial charge in [0.25, 0.3) is 0 Å². The first-order valence-electron chi connectivity index (χ1n) is 12.4. The average Bonchev–Trinajstić information content (AvgIpc) is 2.88. The van der Waals surface area contributed by atoms with Crippen LogP contribution in [0.1, 0.15) is 60.7 Å². The average molecular weight is 534 g/mol. The van der Waals surface area contributed by atoms with Crippen molar-refractivity contribution in [3.63, 3.8) is 0 Å². The Hall–Kier alpha value is -3.69. The first-order valence-corrected chi connectivity index (χ1v) is 13.2. The summed E-state index contributed by atoms with van der Waals surface area (Å²) >= 11 is 1.27. The Morgan fingerprint density at radius 2 is 1.84 bits per heavy atom. The molecule has 0 saturated heterocycles. The van der Waals surface area contributed by atoms with Gasteiger partial charge >= 0.3 is 0 Å². The molecule has 200 valence electrons. The van der Waals surface area contributed by atoms with Crippen LogP contribution in [0.3, 0.4) is 0 Å². The van der Waals surface area contributed by atoms with Crippen molar-refractivity contribution in [2.45, 2.75) is 59.6 Å². The van der Waals surface area contributed by atoms with E-state index in [1.807, 2.05) is 51.1 Å². The van der Waals surface area contributed by atoms with Gasteiger partial charge < -0.3 is 20.9 Å². The SMILES string of the molecule is CCOCc1cc(CNc2nc(C)nc(C)c2C(C)=O)ccc1-c1ccccc1S/N=C(N)\C(C)=C(\C)O. The van der Waals surface area contributed by atoms with Gasteiger partial charge in [0, 0.05) is 35.6 Å². The number of ketones is 1. The van der Waals surface area contributed by atoms with Gasteiger partial charge in [-0.3, -0.25) is 4.79 Å². The molecule has 1 aromatic heterocycles. The molecular weight excluding hydrogens is 498 g/mol. The molecule has 3 rings (SSSR count). The third-order valence-corrected chi connectivity index (χ3v) is 6.83. The predicted octanol–water partition coefficient (Wildman–Crippen LogP) is 6.33. The van der Waals surface area contributed by atoms with Gasteiger partial charge in [-0.1, -0.05) is 36.4 Å². The molecule has 8 nitrogen and oxygen atoms in total. The first kappa shape index (κ1) is 28.9. The molecule has 4 N–H and O–H groups in total. The van der Waals surface area contributed by atoms with Gasteiger partial charge in [-0.25, -0.2) is 9.97 Å². The van der Waals surface area contributed by atoms with Crippen molar-refractivity contribution in [3.05, 3.63) is 82.0 Å². The third-order valence-electron chi connectivity index (χ3n) is 5.99. The van der Waals surface area contributed by atoms with Crippen molar-refractivity contribution in [2.24, 2.45) is 10.1 Å². The van der Waals surface area contributed by atoms with E-state index in [0.717, 1.165) is 27.1 Å². The van der Waals surface area contributed by atoms with Crippen LogP contribution in [-0.2, 0) is 17.9 Å². The quantitative estimate of drug-likeness (QED) is 0.0859. The van der Waals surface area contributed by atoms with Crippen molar-refractivity contribution < 1.29 is 14.6 Å². The largest absolute Gasteiger partial charge is 0.512 e. The lowest BCUT2D eigenvalue weighted by atomic mass is 9.97. The Balaban J connectivity index is 1.94. The summed E-state index contributed by atoms with van der Waals surface area (Å²) in [6.07, 6.45) is 0. The van der Waals surface area contributed by atoms with Gasteiger partial charge in [0.15, 0.2) is 5.78 Å². The molecule has 1 heterocycles. The molecule has 2 aromatic carbocycles. The minimum Gasteiger partial charge on any atom is -0.512 e. The standard InChI is InChI=1S/C29H35N5O3S/c1-7-37-16-23-14-22(15-31-29-27(20(5)36)18(3)32-21(6)33-29)12-13-24(23)25-10-8-9-11-26(25)38-34-28(30)17(2)19(4)35/h8-14,35H,7,15-16H2,1-6H3,(H2,30,34)(H,31,32,33)/b19-17-. The zero-order chi connectivity index (χ0) is 27.8. The van der Waals surface area contributed by atoms with Crippen molar-refractivity contribution >= 4 is 29.4 Å². The maximum atomic E-state index is 12.2. The van der Waals surface area contributed by atoms with E-state index >= 15 is 0 Å². The van der Waals surface area contributed by atoms with E-state index < -0.39 is 0 Å². The minimum absolute atomic E-state index is 0.0744. The molecule has 0 fully saturated rings. The fraction of sp³-hybridized carbons (Fsp3) is 0.310. The molecular formula is C29H35N5O3S. The van der Waals surface area contributed by atoms with Crippen LogP contribution in [0, 0.1) is 13.8 Å². The van der Waals surface area contributed by atoms with Crippen LogP contribution in [0.2, 0.25) is 0 Å². The number of hydrogen-bond acceptors (Lipinski definition) is 8. The maximum absolute atomic E-state index is 12.2. The summed E-state index contributed by atoms with van der Waals surface area (Å²) in [6.45, 7) is 12.0. The van der Waals surface area contributed by atoms with Crippen molar-refractivity contribution in [1.29, 1.82) is 0 Å². The summed E-state index contributed by atoms with van der Waals surface area (Å²) in [4.78, 5) is 21.9. The highest BCUT2D eigenvalue weighted by atomic mass is 32.2. The number of Topliss-reactive ketones (excluding diaryl/α,β-unsaturated/α-hetero) is 1. The van der Waals surface area contributed by atoms with Gasteiger partial charge in [-0.05, 0) is 69.9 Å². The smallest absolute Gasteiger partial charge is 0.165 e. The van der Waals surface area contributed by atoms with Gasteiger partial charge in [0.2, 0.25) is 0 Å². The monoisotopic (exact) mass is 533 g/mol. The molecule has 0 bridgehead atoms. The van der Waals surface area contributed by atoms with Crippen LogP contribution in [0.15, 0.2) is 63.1 Å². The zero-order valence-corrected chi connectivity index (χ0v) is 23.6. The second-order valence-corrected chi connectivity index (χ2v) is 9.70. The number of nitrogens with two attached hydrogens (primary N) is 1. The molecule has 0 spiro atoms. The molecule has 0 amide bonds. The van der Waals surface area contributed by atoms with Crippen LogP contribution < -0.4 is 11.1 Å². The zero-order valence-electron chi connectivity index (χ0n) is 22.8. The second-order valence-electron chi connectivity index (χ2n) is 8.89. The van der Waals surface area contributed by atoms with Crippen LogP contribution in [0.5, 0.6) is 0 Å². The summed E-state index contributed by atoms with van der Waals surface area (Å²) in [5.41, 5.74) is 11.9. The second kappa shape index (κ2) is 13.2. The lowest BCUT2D eigenvalue weighted by Crippen LogP contribution is -2.13. The lowest BCUT2D eigenvalue weighted by molar-refractivity contribution is 0.101. The van der Waals surface area contributed by atoms with E-state index in [2.05, 4.69) is 31.8 Å². The number of hydrogen-bond donors (Lipinski definition) is 3. The van der Waals surface area contributed by atoms with Crippen molar-refractivity contribution in [3.8, 4) is 11.1 Å². The Bertz CT molecular complexity index is 1380. The summed E-state index contributed by atoms with van der Waals surface area (Å²) in [5, 5.41) is 13.0. The molecule has 0 atom stereocenters. The van der Waals surface area contributed by atoms with Crippen LogP contribution in [-0.4, -0.2) is 33.3 Å². The normalized spacial score (nSPS) is 12.3. The predicted molar refractivity (Wildman–Crippen MR) is 155 cm³/mol. The number of aliphatic hydroxyl groups excluding tert-OH is 1. The van der Waals surface area contributed by atoms with Gasteiger partial charge in [0.05, 0.1) is 23.6 Å². The van der Waals surface area contributed by atoms with E-state index in [9.17, 15) is 9.90 Å². The number of rotatable bonds is 11. The first-order chi connectivity index (χ1) is 18.1.